The molecule has 4 rings (SSSR count). The summed E-state index contributed by atoms with van der Waals surface area (Å²) in [6.45, 7) is 3.81. The molecule has 3 aromatic rings. The topological polar surface area (TPSA) is 9.23 Å². The van der Waals surface area contributed by atoms with E-state index in [1.165, 1.54) is 12.8 Å². The number of rotatable bonds is 5. The maximum absolute atomic E-state index is 15.1. The molecule has 0 amide bonds. The summed E-state index contributed by atoms with van der Waals surface area (Å²) >= 11 is 0. The van der Waals surface area contributed by atoms with Crippen molar-refractivity contribution >= 4 is 10.9 Å². The molecular formula is C28H28FOS+. The molecule has 1 fully saturated rings. The highest BCUT2D eigenvalue weighted by atomic mass is 32.2. The molecule has 1 nitrogen and oxygen atoms in total. The summed E-state index contributed by atoms with van der Waals surface area (Å²) in [4.78, 5) is 3.24. The minimum atomic E-state index is -0.731. The van der Waals surface area contributed by atoms with Crippen molar-refractivity contribution in [2.45, 2.75) is 59.8 Å². The standard InChI is InChI=1S/C28H28FOS/c1-28(2,20-19-22-11-9-10-12-22)30-27-18-17-25(21-26(27)29)31(23-13-5-3-6-14-23)24-15-7-4-8-16-24/h3-8,13-18,21-22H,9-12H2,1-2H3/q+1. The van der Waals surface area contributed by atoms with E-state index < -0.39 is 5.60 Å². The molecule has 0 radical (unpaired) electrons. The second-order valence-electron chi connectivity index (χ2n) is 8.39. The van der Waals surface area contributed by atoms with Crippen molar-refractivity contribution < 1.29 is 9.13 Å². The number of hydrogen-bond donors (Lipinski definition) is 0. The SMILES string of the molecule is CC(C)(C#CC1CCCC1)Oc1ccc([S+](c2ccccc2)c2ccccc2)cc1F. The van der Waals surface area contributed by atoms with E-state index in [9.17, 15) is 0 Å². The molecule has 0 aromatic heterocycles. The minimum absolute atomic E-state index is 0.249. The van der Waals surface area contributed by atoms with E-state index in [0.717, 1.165) is 27.5 Å². The molecule has 0 unspecified atom stereocenters. The quantitative estimate of drug-likeness (QED) is 0.305. The van der Waals surface area contributed by atoms with Crippen molar-refractivity contribution in [2.24, 2.45) is 5.92 Å². The first-order valence-corrected chi connectivity index (χ1v) is 12.1. The van der Waals surface area contributed by atoms with E-state index in [1.54, 1.807) is 12.1 Å². The Kier molecular flexibility index (Phi) is 6.68. The van der Waals surface area contributed by atoms with Gasteiger partial charge >= 0.3 is 0 Å². The van der Waals surface area contributed by atoms with Gasteiger partial charge in [0.2, 0.25) is 0 Å². The van der Waals surface area contributed by atoms with Crippen molar-refractivity contribution in [1.82, 2.24) is 0 Å². The van der Waals surface area contributed by atoms with Crippen LogP contribution in [0.5, 0.6) is 5.75 Å². The first kappa shape index (κ1) is 21.5. The van der Waals surface area contributed by atoms with Gasteiger partial charge in [-0.25, -0.2) is 4.39 Å². The Morgan fingerprint density at radius 2 is 1.42 bits per heavy atom. The molecule has 0 aliphatic heterocycles. The van der Waals surface area contributed by atoms with Crippen molar-refractivity contribution in [2.75, 3.05) is 0 Å². The molecule has 1 aliphatic rings. The third-order valence-electron chi connectivity index (χ3n) is 5.39. The van der Waals surface area contributed by atoms with Gasteiger partial charge in [0.25, 0.3) is 0 Å². The van der Waals surface area contributed by atoms with E-state index in [4.69, 9.17) is 4.74 Å². The highest BCUT2D eigenvalue weighted by molar-refractivity contribution is 7.97. The van der Waals surface area contributed by atoms with Crippen LogP contribution in [0.2, 0.25) is 0 Å². The number of ether oxygens (including phenoxy) is 1. The largest absolute Gasteiger partial charge is 0.472 e. The van der Waals surface area contributed by atoms with Gasteiger partial charge < -0.3 is 4.74 Å². The van der Waals surface area contributed by atoms with Crippen LogP contribution in [0.25, 0.3) is 0 Å². The van der Waals surface area contributed by atoms with Crippen molar-refractivity contribution in [1.29, 1.82) is 0 Å². The highest BCUT2D eigenvalue weighted by Crippen LogP contribution is 2.34. The minimum Gasteiger partial charge on any atom is -0.472 e. The molecule has 158 valence electrons. The average Bonchev–Trinajstić information content (AvgIpc) is 3.30. The maximum atomic E-state index is 15.1. The van der Waals surface area contributed by atoms with Gasteiger partial charge in [-0.15, -0.1) is 0 Å². The van der Waals surface area contributed by atoms with E-state index in [-0.39, 0.29) is 22.5 Å². The molecule has 0 heterocycles. The normalized spacial score (nSPS) is 14.3. The molecule has 1 aliphatic carbocycles. The van der Waals surface area contributed by atoms with E-state index in [2.05, 4.69) is 36.1 Å². The smallest absolute Gasteiger partial charge is 0.170 e. The predicted molar refractivity (Wildman–Crippen MR) is 126 cm³/mol. The predicted octanol–water partition coefficient (Wildman–Crippen LogP) is 7.27. The van der Waals surface area contributed by atoms with Gasteiger partial charge in [0.05, 0.1) is 10.9 Å². The van der Waals surface area contributed by atoms with Crippen LogP contribution in [0, 0.1) is 23.6 Å². The van der Waals surface area contributed by atoms with Crippen LogP contribution in [0.3, 0.4) is 0 Å². The van der Waals surface area contributed by atoms with Gasteiger partial charge in [-0.3, -0.25) is 0 Å². The summed E-state index contributed by atoms with van der Waals surface area (Å²) in [5.41, 5.74) is -0.731. The first-order chi connectivity index (χ1) is 15.0. The molecule has 31 heavy (non-hydrogen) atoms. The average molecular weight is 432 g/mol. The Bertz CT molecular complexity index is 1020. The monoisotopic (exact) mass is 431 g/mol. The third kappa shape index (κ3) is 5.51. The van der Waals surface area contributed by atoms with E-state index in [0.29, 0.717) is 5.92 Å². The molecule has 0 saturated heterocycles. The van der Waals surface area contributed by atoms with Crippen molar-refractivity contribution in [3.05, 3.63) is 84.7 Å². The Morgan fingerprint density at radius 3 is 1.97 bits per heavy atom. The third-order valence-corrected chi connectivity index (χ3v) is 7.61. The fraction of sp³-hybridized carbons (Fsp3) is 0.286. The zero-order valence-electron chi connectivity index (χ0n) is 18.1. The van der Waals surface area contributed by atoms with Gasteiger partial charge in [0.1, 0.15) is 0 Å². The van der Waals surface area contributed by atoms with Crippen LogP contribution in [0.1, 0.15) is 39.5 Å². The summed E-state index contributed by atoms with van der Waals surface area (Å²) in [7, 11) is -0.385. The zero-order valence-corrected chi connectivity index (χ0v) is 18.9. The van der Waals surface area contributed by atoms with Crippen molar-refractivity contribution in [3.8, 4) is 17.6 Å². The zero-order chi connectivity index (χ0) is 21.7. The van der Waals surface area contributed by atoms with Gasteiger partial charge in [-0.05, 0) is 63.1 Å². The lowest BCUT2D eigenvalue weighted by molar-refractivity contribution is 0.164. The molecule has 1 saturated carbocycles. The number of halogens is 1. The Hall–Kier alpha value is -2.70. The summed E-state index contributed by atoms with van der Waals surface area (Å²) in [5.74, 6) is 6.92. The molecular weight excluding hydrogens is 403 g/mol. The van der Waals surface area contributed by atoms with Crippen LogP contribution in [0.4, 0.5) is 4.39 Å². The van der Waals surface area contributed by atoms with Gasteiger partial charge in [-0.2, -0.15) is 0 Å². The van der Waals surface area contributed by atoms with E-state index >= 15 is 4.39 Å². The molecule has 0 bridgehead atoms. The maximum Gasteiger partial charge on any atom is 0.170 e. The van der Waals surface area contributed by atoms with Crippen LogP contribution >= 0.6 is 0 Å². The lowest BCUT2D eigenvalue weighted by Crippen LogP contribution is -2.26. The summed E-state index contributed by atoms with van der Waals surface area (Å²) in [6, 6.07) is 25.8. The van der Waals surface area contributed by atoms with Gasteiger partial charge in [-0.1, -0.05) is 61.1 Å². The second-order valence-corrected chi connectivity index (χ2v) is 10.4. The number of benzene rings is 3. The summed E-state index contributed by atoms with van der Waals surface area (Å²) in [5, 5.41) is 0. The van der Waals surface area contributed by atoms with Gasteiger partial charge in [0, 0.05) is 12.0 Å². The lowest BCUT2D eigenvalue weighted by atomic mass is 10.1. The Balaban J connectivity index is 1.60. The number of hydrogen-bond acceptors (Lipinski definition) is 1. The van der Waals surface area contributed by atoms with Crippen LogP contribution < -0.4 is 4.74 Å². The summed E-state index contributed by atoms with van der Waals surface area (Å²) < 4.78 is 21.1. The first-order valence-electron chi connectivity index (χ1n) is 10.9. The molecule has 3 aromatic carbocycles. The second kappa shape index (κ2) is 9.62. The summed E-state index contributed by atoms with van der Waals surface area (Å²) in [6.07, 6.45) is 4.82. The Labute approximate surface area is 188 Å². The van der Waals surface area contributed by atoms with Crippen molar-refractivity contribution in [3.63, 3.8) is 0 Å². The van der Waals surface area contributed by atoms with Crippen LogP contribution in [-0.2, 0) is 10.9 Å². The molecule has 0 atom stereocenters. The van der Waals surface area contributed by atoms with E-state index in [1.807, 2.05) is 56.3 Å². The Morgan fingerprint density at radius 1 is 0.839 bits per heavy atom. The molecule has 0 N–H and O–H groups in total. The van der Waals surface area contributed by atoms with Gasteiger partial charge in [0.15, 0.2) is 31.9 Å². The molecule has 0 spiro atoms. The lowest BCUT2D eigenvalue weighted by Gasteiger charge is -2.21. The van der Waals surface area contributed by atoms with Crippen LogP contribution in [0.15, 0.2) is 93.5 Å². The fourth-order valence-electron chi connectivity index (χ4n) is 3.86. The molecule has 3 heteroatoms. The van der Waals surface area contributed by atoms with Crippen LogP contribution in [-0.4, -0.2) is 5.60 Å². The fourth-order valence-corrected chi connectivity index (χ4v) is 5.96. The highest BCUT2D eigenvalue weighted by Gasteiger charge is 2.30.